The molecule has 24 heavy (non-hydrogen) atoms. The van der Waals surface area contributed by atoms with E-state index in [0.29, 0.717) is 10.7 Å². The number of halogens is 5. The maximum atomic E-state index is 14.1. The lowest BCUT2D eigenvalue weighted by molar-refractivity contribution is -0.155. The van der Waals surface area contributed by atoms with Crippen molar-refractivity contribution in [2.24, 2.45) is 0 Å². The van der Waals surface area contributed by atoms with Crippen LogP contribution in [0.5, 0.6) is 11.6 Å². The largest absolute Gasteiger partial charge is 0.452 e. The summed E-state index contributed by atoms with van der Waals surface area (Å²) >= 11 is 3.12. The quantitative estimate of drug-likeness (QED) is 0.462. The molecular formula is C14H6BrF4N3O2. The van der Waals surface area contributed by atoms with Gasteiger partial charge in [-0.1, -0.05) is 11.2 Å². The van der Waals surface area contributed by atoms with Crippen molar-refractivity contribution in [3.05, 3.63) is 52.8 Å². The van der Waals surface area contributed by atoms with Crippen molar-refractivity contribution in [1.82, 2.24) is 15.1 Å². The van der Waals surface area contributed by atoms with E-state index in [1.165, 1.54) is 24.5 Å². The number of nitrogens with zero attached hydrogens (tertiary/aromatic N) is 3. The lowest BCUT2D eigenvalue weighted by Crippen LogP contribution is -2.02. The van der Waals surface area contributed by atoms with Crippen LogP contribution in [0.2, 0.25) is 0 Å². The predicted molar refractivity (Wildman–Crippen MR) is 76.7 cm³/mol. The SMILES string of the molecule is Fc1cccc(Oc2cc(Br)ncn2)c1-c1cc(C(F)(F)F)on1. The summed E-state index contributed by atoms with van der Waals surface area (Å²) in [5.74, 6) is -2.15. The summed E-state index contributed by atoms with van der Waals surface area (Å²) in [5, 5.41) is 3.28. The third-order valence-corrected chi connectivity index (χ3v) is 3.28. The molecule has 0 bridgehead atoms. The van der Waals surface area contributed by atoms with E-state index in [9.17, 15) is 17.6 Å². The molecule has 1 aromatic carbocycles. The summed E-state index contributed by atoms with van der Waals surface area (Å²) in [6.45, 7) is 0. The molecule has 0 radical (unpaired) electrons. The van der Waals surface area contributed by atoms with Crippen LogP contribution in [0.3, 0.4) is 0 Å². The van der Waals surface area contributed by atoms with Crippen LogP contribution in [0.15, 0.2) is 45.8 Å². The lowest BCUT2D eigenvalue weighted by atomic mass is 10.1. The summed E-state index contributed by atoms with van der Waals surface area (Å²) in [5.41, 5.74) is -0.616. The van der Waals surface area contributed by atoms with Gasteiger partial charge in [0.05, 0.1) is 5.56 Å². The topological polar surface area (TPSA) is 61.0 Å². The minimum Gasteiger partial charge on any atom is -0.438 e. The summed E-state index contributed by atoms with van der Waals surface area (Å²) in [6, 6.07) is 5.80. The zero-order chi connectivity index (χ0) is 17.3. The van der Waals surface area contributed by atoms with Gasteiger partial charge in [-0.05, 0) is 28.1 Å². The maximum absolute atomic E-state index is 14.1. The molecule has 5 nitrogen and oxygen atoms in total. The Morgan fingerprint density at radius 1 is 1.12 bits per heavy atom. The van der Waals surface area contributed by atoms with E-state index in [1.54, 1.807) is 0 Å². The van der Waals surface area contributed by atoms with Crippen LogP contribution < -0.4 is 4.74 Å². The van der Waals surface area contributed by atoms with E-state index in [-0.39, 0.29) is 22.9 Å². The minimum absolute atomic E-state index is 0.0670. The Hall–Kier alpha value is -2.49. The van der Waals surface area contributed by atoms with Gasteiger partial charge in [0, 0.05) is 12.1 Å². The molecule has 0 atom stereocenters. The monoisotopic (exact) mass is 403 g/mol. The van der Waals surface area contributed by atoms with Crippen LogP contribution in [-0.2, 0) is 6.18 Å². The molecule has 0 aliphatic rings. The van der Waals surface area contributed by atoms with Crippen LogP contribution >= 0.6 is 15.9 Å². The van der Waals surface area contributed by atoms with Crippen LogP contribution in [-0.4, -0.2) is 15.1 Å². The highest BCUT2D eigenvalue weighted by Crippen LogP contribution is 2.38. The van der Waals surface area contributed by atoms with Crippen molar-refractivity contribution in [3.63, 3.8) is 0 Å². The molecule has 0 aliphatic carbocycles. The molecule has 0 unspecified atom stereocenters. The normalized spacial score (nSPS) is 11.5. The Morgan fingerprint density at radius 2 is 1.92 bits per heavy atom. The summed E-state index contributed by atoms with van der Waals surface area (Å²) in [4.78, 5) is 7.64. The van der Waals surface area contributed by atoms with Crippen LogP contribution in [0.1, 0.15) is 5.76 Å². The van der Waals surface area contributed by atoms with Gasteiger partial charge < -0.3 is 9.26 Å². The van der Waals surface area contributed by atoms with Gasteiger partial charge in [-0.3, -0.25) is 0 Å². The second-order valence-corrected chi connectivity index (χ2v) is 5.28. The molecule has 10 heteroatoms. The third kappa shape index (κ3) is 3.37. The standard InChI is InChI=1S/C14H6BrF4N3O2/c15-11-5-12(21-6-20-11)23-9-3-1-2-7(16)13(9)8-4-10(24-22-8)14(17,18)19/h1-6H. The van der Waals surface area contributed by atoms with Gasteiger partial charge in [-0.15, -0.1) is 0 Å². The first-order valence-electron chi connectivity index (χ1n) is 6.33. The van der Waals surface area contributed by atoms with Crippen LogP contribution in [0, 0.1) is 5.82 Å². The average Bonchev–Trinajstić information content (AvgIpc) is 2.97. The Balaban J connectivity index is 2.03. The molecule has 0 fully saturated rings. The molecule has 0 spiro atoms. The first-order chi connectivity index (χ1) is 11.3. The Bertz CT molecular complexity index is 882. The number of rotatable bonds is 3. The molecule has 0 amide bonds. The first-order valence-corrected chi connectivity index (χ1v) is 7.12. The van der Waals surface area contributed by atoms with Crippen molar-refractivity contribution in [2.45, 2.75) is 6.18 Å². The molecule has 3 rings (SSSR count). The van der Waals surface area contributed by atoms with E-state index in [4.69, 9.17) is 4.74 Å². The number of hydrogen-bond acceptors (Lipinski definition) is 5. The van der Waals surface area contributed by atoms with E-state index in [2.05, 4.69) is 35.6 Å². The number of benzene rings is 1. The van der Waals surface area contributed by atoms with Gasteiger partial charge in [-0.2, -0.15) is 13.2 Å². The number of aromatic nitrogens is 3. The Labute approximate surface area is 140 Å². The fourth-order valence-electron chi connectivity index (χ4n) is 1.85. The van der Waals surface area contributed by atoms with Crippen molar-refractivity contribution in [3.8, 4) is 22.9 Å². The van der Waals surface area contributed by atoms with Gasteiger partial charge in [0.25, 0.3) is 0 Å². The summed E-state index contributed by atoms with van der Waals surface area (Å²) in [6.07, 6.45) is -3.52. The second kappa shape index (κ2) is 6.19. The summed E-state index contributed by atoms with van der Waals surface area (Å²) < 4.78 is 62.1. The van der Waals surface area contributed by atoms with E-state index < -0.39 is 17.8 Å². The number of ether oxygens (including phenoxy) is 1. The summed E-state index contributed by atoms with van der Waals surface area (Å²) in [7, 11) is 0. The van der Waals surface area contributed by atoms with Crippen molar-refractivity contribution < 1.29 is 26.8 Å². The number of alkyl halides is 3. The van der Waals surface area contributed by atoms with Crippen molar-refractivity contribution >= 4 is 15.9 Å². The minimum atomic E-state index is -4.73. The molecule has 124 valence electrons. The zero-order valence-electron chi connectivity index (χ0n) is 11.5. The van der Waals surface area contributed by atoms with E-state index >= 15 is 0 Å². The van der Waals surface area contributed by atoms with Gasteiger partial charge in [0.2, 0.25) is 11.6 Å². The third-order valence-electron chi connectivity index (χ3n) is 2.84. The Kier molecular flexibility index (Phi) is 4.22. The molecule has 3 aromatic rings. The van der Waals surface area contributed by atoms with Crippen molar-refractivity contribution in [2.75, 3.05) is 0 Å². The highest BCUT2D eigenvalue weighted by molar-refractivity contribution is 9.10. The van der Waals surface area contributed by atoms with Gasteiger partial charge >= 0.3 is 6.18 Å². The molecule has 0 saturated carbocycles. The van der Waals surface area contributed by atoms with Crippen LogP contribution in [0.4, 0.5) is 17.6 Å². The molecule has 0 saturated heterocycles. The predicted octanol–water partition coefficient (Wildman–Crippen LogP) is 4.84. The highest BCUT2D eigenvalue weighted by Gasteiger charge is 2.36. The molecule has 2 aromatic heterocycles. The van der Waals surface area contributed by atoms with Crippen LogP contribution in [0.25, 0.3) is 11.3 Å². The fourth-order valence-corrected chi connectivity index (χ4v) is 2.14. The fraction of sp³-hybridized carbons (Fsp3) is 0.0714. The Morgan fingerprint density at radius 3 is 2.58 bits per heavy atom. The molecular weight excluding hydrogens is 398 g/mol. The lowest BCUT2D eigenvalue weighted by Gasteiger charge is -2.09. The molecule has 0 N–H and O–H groups in total. The molecule has 2 heterocycles. The van der Waals surface area contributed by atoms with Gasteiger partial charge in [0.15, 0.2) is 0 Å². The maximum Gasteiger partial charge on any atom is 0.452 e. The number of hydrogen-bond donors (Lipinski definition) is 0. The van der Waals surface area contributed by atoms with Gasteiger partial charge in [0.1, 0.15) is 28.2 Å². The van der Waals surface area contributed by atoms with Gasteiger partial charge in [-0.25, -0.2) is 14.4 Å². The molecule has 0 aliphatic heterocycles. The first kappa shape index (κ1) is 16.4. The smallest absolute Gasteiger partial charge is 0.438 e. The van der Waals surface area contributed by atoms with E-state index in [1.807, 2.05) is 0 Å². The average molecular weight is 404 g/mol. The second-order valence-electron chi connectivity index (χ2n) is 4.47. The zero-order valence-corrected chi connectivity index (χ0v) is 13.1. The van der Waals surface area contributed by atoms with E-state index in [0.717, 1.165) is 6.07 Å². The highest BCUT2D eigenvalue weighted by atomic mass is 79.9. The van der Waals surface area contributed by atoms with Crippen molar-refractivity contribution in [1.29, 1.82) is 0 Å².